The first kappa shape index (κ1) is 14.7. The maximum Gasteiger partial charge on any atom is 0.252 e. The van der Waals surface area contributed by atoms with E-state index in [1.54, 1.807) is 18.2 Å². The summed E-state index contributed by atoms with van der Waals surface area (Å²) in [7, 11) is 0. The van der Waals surface area contributed by atoms with Crippen molar-refractivity contribution in [2.45, 2.75) is 12.5 Å². The average Bonchev–Trinajstić information content (AvgIpc) is 2.47. The molecule has 1 aliphatic heterocycles. The van der Waals surface area contributed by atoms with Crippen molar-refractivity contribution in [1.29, 1.82) is 0 Å². The third-order valence-corrected chi connectivity index (χ3v) is 4.57. The molecule has 0 aromatic heterocycles. The van der Waals surface area contributed by atoms with Crippen molar-refractivity contribution in [1.82, 2.24) is 5.32 Å². The molecular formula is C16H13ClINO2. The van der Waals surface area contributed by atoms with Crippen molar-refractivity contribution in [3.63, 3.8) is 0 Å². The molecule has 2 aromatic carbocycles. The molecule has 1 heterocycles. The smallest absolute Gasteiger partial charge is 0.252 e. The van der Waals surface area contributed by atoms with Gasteiger partial charge < -0.3 is 10.1 Å². The molecule has 3 nitrogen and oxygen atoms in total. The van der Waals surface area contributed by atoms with E-state index in [1.807, 2.05) is 24.3 Å². The van der Waals surface area contributed by atoms with Crippen LogP contribution in [-0.4, -0.2) is 12.5 Å². The van der Waals surface area contributed by atoms with Gasteiger partial charge in [-0.1, -0.05) is 29.8 Å². The van der Waals surface area contributed by atoms with E-state index in [0.717, 1.165) is 21.3 Å². The van der Waals surface area contributed by atoms with E-state index in [9.17, 15) is 4.79 Å². The van der Waals surface area contributed by atoms with Gasteiger partial charge in [0.1, 0.15) is 5.75 Å². The number of hydrogen-bond acceptors (Lipinski definition) is 2. The average molecular weight is 414 g/mol. The highest BCUT2D eigenvalue weighted by Crippen LogP contribution is 2.32. The predicted molar refractivity (Wildman–Crippen MR) is 90.9 cm³/mol. The van der Waals surface area contributed by atoms with E-state index in [4.69, 9.17) is 16.3 Å². The van der Waals surface area contributed by atoms with Gasteiger partial charge in [-0.3, -0.25) is 4.79 Å². The third-order valence-electron chi connectivity index (χ3n) is 3.44. The lowest BCUT2D eigenvalue weighted by Crippen LogP contribution is -2.32. The Kier molecular flexibility index (Phi) is 4.35. The van der Waals surface area contributed by atoms with Gasteiger partial charge in [-0.05, 0) is 46.9 Å². The number of amides is 1. The molecule has 0 saturated heterocycles. The van der Waals surface area contributed by atoms with Crippen LogP contribution in [0.5, 0.6) is 5.75 Å². The van der Waals surface area contributed by atoms with Crippen LogP contribution in [-0.2, 0) is 0 Å². The first-order valence-corrected chi connectivity index (χ1v) is 8.08. The molecule has 0 bridgehead atoms. The highest BCUT2D eigenvalue weighted by Gasteiger charge is 2.23. The van der Waals surface area contributed by atoms with Crippen LogP contribution in [0.4, 0.5) is 0 Å². The molecule has 0 spiro atoms. The molecule has 108 valence electrons. The Hall–Kier alpha value is -1.27. The van der Waals surface area contributed by atoms with Crippen molar-refractivity contribution in [3.05, 3.63) is 62.2 Å². The van der Waals surface area contributed by atoms with Crippen LogP contribution in [0.15, 0.2) is 42.5 Å². The Balaban J connectivity index is 1.83. The summed E-state index contributed by atoms with van der Waals surface area (Å²) in [6.07, 6.45) is 0.771. The summed E-state index contributed by atoms with van der Waals surface area (Å²) in [6.45, 7) is 0.611. The van der Waals surface area contributed by atoms with Crippen molar-refractivity contribution in [3.8, 4) is 5.75 Å². The molecule has 21 heavy (non-hydrogen) atoms. The summed E-state index contributed by atoms with van der Waals surface area (Å²) in [5.41, 5.74) is 1.67. The molecule has 3 rings (SSSR count). The van der Waals surface area contributed by atoms with Crippen molar-refractivity contribution in [2.75, 3.05) is 6.61 Å². The summed E-state index contributed by atoms with van der Waals surface area (Å²) >= 11 is 8.05. The van der Waals surface area contributed by atoms with Crippen molar-refractivity contribution < 1.29 is 9.53 Å². The number of halogens is 2. The number of nitrogens with one attached hydrogen (secondary N) is 1. The van der Waals surface area contributed by atoms with Crippen LogP contribution in [0.2, 0.25) is 5.02 Å². The SMILES string of the molecule is O=C(NC1CCOc2ccccc21)c1ccc(Cl)cc1I. The molecule has 2 aromatic rings. The lowest BCUT2D eigenvalue weighted by molar-refractivity contribution is 0.0924. The molecule has 0 fully saturated rings. The first-order valence-electron chi connectivity index (χ1n) is 6.63. The quantitative estimate of drug-likeness (QED) is 0.750. The number of para-hydroxylation sites is 1. The zero-order chi connectivity index (χ0) is 14.8. The van der Waals surface area contributed by atoms with Gasteiger partial charge in [0, 0.05) is 20.6 Å². The number of fused-ring (bicyclic) bond motifs is 1. The van der Waals surface area contributed by atoms with Gasteiger partial charge >= 0.3 is 0 Å². The van der Waals surface area contributed by atoms with Crippen LogP contribution in [0.3, 0.4) is 0 Å². The van der Waals surface area contributed by atoms with Crippen LogP contribution in [0, 0.1) is 3.57 Å². The number of ether oxygens (including phenoxy) is 1. The fraction of sp³-hybridized carbons (Fsp3) is 0.188. The van der Waals surface area contributed by atoms with Gasteiger partial charge in [0.25, 0.3) is 5.91 Å². The van der Waals surface area contributed by atoms with Crippen LogP contribution in [0.25, 0.3) is 0 Å². The van der Waals surface area contributed by atoms with Crippen LogP contribution < -0.4 is 10.1 Å². The fourth-order valence-corrected chi connectivity index (χ4v) is 3.52. The minimum absolute atomic E-state index is 0.0195. The molecule has 0 radical (unpaired) electrons. The Bertz CT molecular complexity index is 690. The molecule has 1 unspecified atom stereocenters. The van der Waals surface area contributed by atoms with Crippen molar-refractivity contribution in [2.24, 2.45) is 0 Å². The summed E-state index contributed by atoms with van der Waals surface area (Å²) in [6, 6.07) is 13.1. The minimum Gasteiger partial charge on any atom is -0.493 e. The summed E-state index contributed by atoms with van der Waals surface area (Å²) in [5.74, 6) is 0.762. The number of carbonyl (C=O) groups excluding carboxylic acids is 1. The van der Waals surface area contributed by atoms with Crippen LogP contribution in [0.1, 0.15) is 28.4 Å². The molecule has 1 amide bonds. The molecule has 1 N–H and O–H groups in total. The molecule has 1 aliphatic rings. The Morgan fingerprint density at radius 3 is 2.90 bits per heavy atom. The highest BCUT2D eigenvalue weighted by atomic mass is 127. The maximum atomic E-state index is 12.5. The molecule has 0 saturated carbocycles. The second kappa shape index (κ2) is 6.23. The van der Waals surface area contributed by atoms with E-state index in [2.05, 4.69) is 27.9 Å². The van der Waals surface area contributed by atoms with E-state index in [1.165, 1.54) is 0 Å². The Morgan fingerprint density at radius 2 is 2.10 bits per heavy atom. The standard InChI is InChI=1S/C16H13ClINO2/c17-10-5-6-11(13(18)9-10)16(20)19-14-7-8-21-15-4-2-1-3-12(14)15/h1-6,9,14H,7-8H2,(H,19,20). The van der Waals surface area contributed by atoms with Gasteiger partial charge in [-0.2, -0.15) is 0 Å². The van der Waals surface area contributed by atoms with E-state index in [-0.39, 0.29) is 11.9 Å². The first-order chi connectivity index (χ1) is 10.1. The largest absolute Gasteiger partial charge is 0.493 e. The number of carbonyl (C=O) groups is 1. The van der Waals surface area contributed by atoms with Gasteiger partial charge in [0.05, 0.1) is 18.2 Å². The lowest BCUT2D eigenvalue weighted by Gasteiger charge is -2.26. The highest BCUT2D eigenvalue weighted by molar-refractivity contribution is 14.1. The number of benzene rings is 2. The molecular weight excluding hydrogens is 401 g/mol. The van der Waals surface area contributed by atoms with Gasteiger partial charge in [-0.15, -0.1) is 0 Å². The van der Waals surface area contributed by atoms with Crippen molar-refractivity contribution >= 4 is 40.1 Å². The molecule has 0 aliphatic carbocycles. The monoisotopic (exact) mass is 413 g/mol. The number of hydrogen-bond donors (Lipinski definition) is 1. The topological polar surface area (TPSA) is 38.3 Å². The fourth-order valence-electron chi connectivity index (χ4n) is 2.40. The minimum atomic E-state index is -0.0854. The Morgan fingerprint density at radius 1 is 1.29 bits per heavy atom. The normalized spacial score (nSPS) is 16.8. The van der Waals surface area contributed by atoms with E-state index in [0.29, 0.717) is 17.2 Å². The van der Waals surface area contributed by atoms with E-state index < -0.39 is 0 Å². The molecule has 5 heteroatoms. The van der Waals surface area contributed by atoms with Gasteiger partial charge in [-0.25, -0.2) is 0 Å². The summed E-state index contributed by atoms with van der Waals surface area (Å²) in [5, 5.41) is 3.72. The second-order valence-electron chi connectivity index (χ2n) is 4.83. The van der Waals surface area contributed by atoms with Gasteiger partial charge in [0.2, 0.25) is 0 Å². The summed E-state index contributed by atoms with van der Waals surface area (Å²) < 4.78 is 6.46. The zero-order valence-electron chi connectivity index (χ0n) is 11.1. The lowest BCUT2D eigenvalue weighted by atomic mass is 10.00. The predicted octanol–water partition coefficient (Wildman–Crippen LogP) is 4.20. The van der Waals surface area contributed by atoms with E-state index >= 15 is 0 Å². The van der Waals surface area contributed by atoms with Gasteiger partial charge in [0.15, 0.2) is 0 Å². The summed E-state index contributed by atoms with van der Waals surface area (Å²) in [4.78, 5) is 12.5. The zero-order valence-corrected chi connectivity index (χ0v) is 14.0. The maximum absolute atomic E-state index is 12.5. The molecule has 1 atom stereocenters. The van der Waals surface area contributed by atoms with Crippen LogP contribution >= 0.6 is 34.2 Å². The third kappa shape index (κ3) is 3.16. The Labute approximate surface area is 141 Å². The second-order valence-corrected chi connectivity index (χ2v) is 6.42. The number of rotatable bonds is 2.